The molecule has 0 saturated carbocycles. The zero-order chi connectivity index (χ0) is 13.6. The number of carbonyl (C=O) groups is 2. The van der Waals surface area contributed by atoms with Crippen LogP contribution >= 0.6 is 0 Å². The fraction of sp³-hybridized carbons (Fsp3) is 0.750. The molecule has 0 heterocycles. The maximum Gasteiger partial charge on any atom is 0.258 e. The minimum absolute atomic E-state index is 0.740. The lowest BCUT2D eigenvalue weighted by atomic mass is 10.0. The topological polar surface area (TPSA) is 147 Å². The molecule has 0 spiro atoms. The molecule has 6 N–H and O–H groups in total. The van der Waals surface area contributed by atoms with Crippen LogP contribution < -0.4 is 5.32 Å². The van der Waals surface area contributed by atoms with Crippen LogP contribution in [0, 0.1) is 0 Å². The Kier molecular flexibility index (Phi) is 5.29. The van der Waals surface area contributed by atoms with Crippen molar-refractivity contribution in [3.05, 3.63) is 0 Å². The third-order valence-corrected chi connectivity index (χ3v) is 1.79. The highest BCUT2D eigenvalue weighted by Gasteiger charge is 2.34. The highest BCUT2D eigenvalue weighted by atomic mass is 16.4. The molecular formula is C8H15NO7. The Balaban J connectivity index is 4.43. The molecule has 16 heavy (non-hydrogen) atoms. The third kappa shape index (κ3) is 4.21. The monoisotopic (exact) mass is 238 g/mol. The lowest BCUT2D eigenvalue weighted by Crippen LogP contribution is -2.52. The van der Waals surface area contributed by atoms with E-state index in [1.54, 1.807) is 5.32 Å². The van der Waals surface area contributed by atoms with Crippen molar-refractivity contribution in [2.75, 3.05) is 6.61 Å². The van der Waals surface area contributed by atoms with E-state index in [0.717, 1.165) is 0 Å². The third-order valence-electron chi connectivity index (χ3n) is 1.79. The number of imide groups is 1. The number of carbonyl (C=O) groups excluding carboxylic acids is 2. The second-order valence-electron chi connectivity index (χ2n) is 3.09. The van der Waals surface area contributed by atoms with Gasteiger partial charge in [-0.05, 0) is 0 Å². The molecule has 0 unspecified atom stereocenters. The van der Waals surface area contributed by atoms with Crippen molar-refractivity contribution in [3.8, 4) is 0 Å². The van der Waals surface area contributed by atoms with Crippen LogP contribution in [0.2, 0.25) is 0 Å². The first-order valence-corrected chi connectivity index (χ1v) is 4.31. The fourth-order valence-corrected chi connectivity index (χ4v) is 0.889. The first-order chi connectivity index (χ1) is 7.84. The highest BCUT2D eigenvalue weighted by Crippen LogP contribution is 2.05. The lowest BCUT2D eigenvalue weighted by Gasteiger charge is -2.24. The van der Waals surface area contributed by atoms with E-state index >= 15 is 0 Å². The Bertz CT molecular complexity index is 275. The van der Waals surface area contributed by atoms with Gasteiger partial charge in [-0.3, -0.25) is 14.9 Å². The summed E-state index contributed by atoms with van der Waals surface area (Å²) in [6.45, 7) is -1.62. The Morgan fingerprint density at radius 1 is 1.25 bits per heavy atom. The minimum atomic E-state index is -2.17. The summed E-state index contributed by atoms with van der Waals surface area (Å²) < 4.78 is 6.60. The molecule has 94 valence electrons. The van der Waals surface area contributed by atoms with Crippen LogP contribution in [0.3, 0.4) is 0 Å². The summed E-state index contributed by atoms with van der Waals surface area (Å²) in [6.07, 6.45) is -7.93. The number of hydrogen-bond donors (Lipinski definition) is 6. The summed E-state index contributed by atoms with van der Waals surface area (Å²) in [5.74, 6) is -2.29. The Morgan fingerprint density at radius 2 is 1.81 bits per heavy atom. The summed E-state index contributed by atoms with van der Waals surface area (Å²) >= 11 is 0. The SMILES string of the molecule is [2H]CC(=O)NC(=O)[C@@H](O)[C@@H](O)[C@H](O)[C@H](O)CO. The Labute approximate surface area is 92.5 Å². The zero-order valence-corrected chi connectivity index (χ0v) is 8.28. The number of amides is 2. The summed E-state index contributed by atoms with van der Waals surface area (Å²) in [6, 6.07) is 0. The first-order valence-electron chi connectivity index (χ1n) is 5.01. The van der Waals surface area contributed by atoms with Gasteiger partial charge in [-0.25, -0.2) is 0 Å². The summed E-state index contributed by atoms with van der Waals surface area (Å²) in [4.78, 5) is 21.7. The van der Waals surface area contributed by atoms with Crippen molar-refractivity contribution < 1.29 is 36.5 Å². The molecule has 0 aromatic carbocycles. The van der Waals surface area contributed by atoms with Gasteiger partial charge in [0.2, 0.25) is 5.91 Å². The number of hydrogen-bond acceptors (Lipinski definition) is 7. The van der Waals surface area contributed by atoms with Crippen molar-refractivity contribution in [1.82, 2.24) is 5.32 Å². The summed E-state index contributed by atoms with van der Waals surface area (Å²) in [5, 5.41) is 46.7. The van der Waals surface area contributed by atoms with E-state index in [9.17, 15) is 24.9 Å². The molecule has 0 bridgehead atoms. The molecule has 0 aliphatic heterocycles. The van der Waals surface area contributed by atoms with Crippen molar-refractivity contribution in [2.24, 2.45) is 0 Å². The number of nitrogens with one attached hydrogen (secondary N) is 1. The van der Waals surface area contributed by atoms with Crippen LogP contribution in [-0.2, 0) is 9.59 Å². The minimum Gasteiger partial charge on any atom is -0.394 e. The smallest absolute Gasteiger partial charge is 0.258 e. The molecule has 0 aliphatic rings. The fourth-order valence-electron chi connectivity index (χ4n) is 0.889. The van der Waals surface area contributed by atoms with Crippen molar-refractivity contribution in [2.45, 2.75) is 31.3 Å². The van der Waals surface area contributed by atoms with Gasteiger partial charge in [0, 0.05) is 8.27 Å². The van der Waals surface area contributed by atoms with Crippen molar-refractivity contribution in [1.29, 1.82) is 0 Å². The maximum atomic E-state index is 11.1. The normalized spacial score (nSPS) is 19.2. The first kappa shape index (κ1) is 13.0. The van der Waals surface area contributed by atoms with Crippen LogP contribution in [0.15, 0.2) is 0 Å². The highest BCUT2D eigenvalue weighted by molar-refractivity contribution is 5.96. The molecule has 0 fully saturated rings. The molecule has 0 aromatic heterocycles. The van der Waals surface area contributed by atoms with E-state index in [1.165, 1.54) is 0 Å². The standard InChI is InChI=1S/C8H15NO7/c1-3(11)9-8(16)7(15)6(14)5(13)4(12)2-10/h4-7,10,12-15H,2H2,1H3,(H,9,11,16)/t4-,5-,6+,7+/m1/s1/i1D. The zero-order valence-electron chi connectivity index (χ0n) is 9.28. The summed E-state index contributed by atoms with van der Waals surface area (Å²) in [5.41, 5.74) is 0. The molecular weight excluding hydrogens is 222 g/mol. The van der Waals surface area contributed by atoms with Gasteiger partial charge in [-0.1, -0.05) is 0 Å². The maximum absolute atomic E-state index is 11.1. The van der Waals surface area contributed by atoms with Gasteiger partial charge in [-0.2, -0.15) is 0 Å². The van der Waals surface area contributed by atoms with E-state index in [-0.39, 0.29) is 0 Å². The Hall–Kier alpha value is -1.06. The molecule has 0 aromatic rings. The van der Waals surface area contributed by atoms with Gasteiger partial charge in [0.25, 0.3) is 5.91 Å². The van der Waals surface area contributed by atoms with E-state index < -0.39 is 49.7 Å². The van der Waals surface area contributed by atoms with Gasteiger partial charge in [-0.15, -0.1) is 0 Å². The van der Waals surface area contributed by atoms with Gasteiger partial charge < -0.3 is 25.5 Å². The van der Waals surface area contributed by atoms with Gasteiger partial charge >= 0.3 is 0 Å². The molecule has 0 radical (unpaired) electrons. The molecule has 0 rings (SSSR count). The number of aliphatic hydroxyl groups is 5. The lowest BCUT2D eigenvalue weighted by molar-refractivity contribution is -0.150. The van der Waals surface area contributed by atoms with E-state index in [2.05, 4.69) is 0 Å². The average molecular weight is 238 g/mol. The molecule has 0 saturated heterocycles. The Morgan fingerprint density at radius 3 is 2.25 bits per heavy atom. The number of aliphatic hydroxyl groups excluding tert-OH is 5. The second kappa shape index (κ2) is 6.51. The van der Waals surface area contributed by atoms with Crippen LogP contribution in [0.5, 0.6) is 0 Å². The van der Waals surface area contributed by atoms with Crippen molar-refractivity contribution in [3.63, 3.8) is 0 Å². The molecule has 8 heteroatoms. The van der Waals surface area contributed by atoms with E-state index in [4.69, 9.17) is 11.6 Å². The molecule has 2 amide bonds. The molecule has 4 atom stereocenters. The predicted octanol–water partition coefficient (Wildman–Crippen LogP) is -3.91. The average Bonchev–Trinajstić information content (AvgIpc) is 2.34. The van der Waals surface area contributed by atoms with Gasteiger partial charge in [0.05, 0.1) is 6.61 Å². The van der Waals surface area contributed by atoms with Crippen molar-refractivity contribution >= 4 is 11.8 Å². The van der Waals surface area contributed by atoms with Crippen LogP contribution in [0.1, 0.15) is 8.27 Å². The molecule has 8 nitrogen and oxygen atoms in total. The largest absolute Gasteiger partial charge is 0.394 e. The second-order valence-corrected chi connectivity index (χ2v) is 3.09. The van der Waals surface area contributed by atoms with Crippen LogP contribution in [0.25, 0.3) is 0 Å². The van der Waals surface area contributed by atoms with Gasteiger partial charge in [0.1, 0.15) is 18.3 Å². The quantitative estimate of drug-likeness (QED) is 0.286. The number of rotatable bonds is 5. The molecule has 0 aliphatic carbocycles. The predicted molar refractivity (Wildman–Crippen MR) is 49.9 cm³/mol. The van der Waals surface area contributed by atoms with Gasteiger partial charge in [0.15, 0.2) is 6.10 Å². The van der Waals surface area contributed by atoms with Crippen LogP contribution in [0.4, 0.5) is 0 Å². The van der Waals surface area contributed by atoms with Crippen LogP contribution in [-0.4, -0.2) is 68.4 Å². The van der Waals surface area contributed by atoms with E-state index in [1.807, 2.05) is 0 Å². The van der Waals surface area contributed by atoms with E-state index in [0.29, 0.717) is 0 Å². The summed E-state index contributed by atoms with van der Waals surface area (Å²) in [7, 11) is 0.